The van der Waals surface area contributed by atoms with Crippen molar-refractivity contribution in [3.63, 3.8) is 0 Å². The highest BCUT2D eigenvalue weighted by Gasteiger charge is 2.26. The molecule has 0 aliphatic rings. The minimum Gasteiger partial charge on any atom is -0.494 e. The largest absolute Gasteiger partial charge is 0.494 e. The number of nitrogens with zero attached hydrogens (tertiary/aromatic N) is 1. The lowest BCUT2D eigenvalue weighted by molar-refractivity contribution is -0.116. The fourth-order valence-corrected chi connectivity index (χ4v) is 4.02. The highest BCUT2D eigenvalue weighted by Crippen LogP contribution is 2.22. The third-order valence-electron chi connectivity index (χ3n) is 3.87. The number of amides is 1. The summed E-state index contributed by atoms with van der Waals surface area (Å²) in [4.78, 5) is 12.2. The van der Waals surface area contributed by atoms with E-state index in [4.69, 9.17) is 4.74 Å². The Morgan fingerprint density at radius 2 is 1.69 bits per heavy atom. The molecule has 0 saturated heterocycles. The summed E-state index contributed by atoms with van der Waals surface area (Å²) < 4.78 is 72.0. The Bertz CT molecular complexity index is 966. The van der Waals surface area contributed by atoms with Gasteiger partial charge in [0.15, 0.2) is 17.5 Å². The van der Waals surface area contributed by atoms with Crippen LogP contribution in [0.5, 0.6) is 5.75 Å². The zero-order valence-corrected chi connectivity index (χ0v) is 16.7. The molecule has 158 valence electrons. The van der Waals surface area contributed by atoms with E-state index in [1.54, 1.807) is 13.8 Å². The summed E-state index contributed by atoms with van der Waals surface area (Å²) in [6.45, 7) is 3.36. The maximum absolute atomic E-state index is 13.7. The molecule has 0 radical (unpaired) electrons. The Kier molecular flexibility index (Phi) is 7.63. The maximum atomic E-state index is 13.7. The molecule has 2 rings (SSSR count). The molecule has 0 spiro atoms. The van der Waals surface area contributed by atoms with Crippen molar-refractivity contribution in [1.82, 2.24) is 4.31 Å². The Hall–Kier alpha value is -2.59. The standard InChI is InChI=1S/C19H21F3N2O4S/c1-3-11-24(29(26,27)14-7-5-13(6-8-14)28-4-2)12-17(25)23-16-10-9-15(20)18(21)19(16)22/h5-10H,3-4,11-12H2,1-2H3,(H,23,25). The molecule has 2 aromatic rings. The number of carbonyl (C=O) groups is 1. The van der Waals surface area contributed by atoms with Crippen LogP contribution in [0.15, 0.2) is 41.3 Å². The first-order chi connectivity index (χ1) is 13.7. The second-order valence-corrected chi connectivity index (χ2v) is 7.95. The molecule has 2 aromatic carbocycles. The number of hydrogen-bond acceptors (Lipinski definition) is 4. The monoisotopic (exact) mass is 430 g/mol. The third-order valence-corrected chi connectivity index (χ3v) is 5.73. The van der Waals surface area contributed by atoms with Crippen molar-refractivity contribution in [3.8, 4) is 5.75 Å². The molecule has 0 bridgehead atoms. The van der Waals surface area contributed by atoms with Crippen molar-refractivity contribution in [2.24, 2.45) is 0 Å². The van der Waals surface area contributed by atoms with Gasteiger partial charge in [0.05, 0.1) is 23.7 Å². The fraction of sp³-hybridized carbons (Fsp3) is 0.316. The van der Waals surface area contributed by atoms with Gasteiger partial charge in [-0.05, 0) is 49.7 Å². The number of rotatable bonds is 9. The van der Waals surface area contributed by atoms with Gasteiger partial charge in [0.2, 0.25) is 15.9 Å². The first kappa shape index (κ1) is 22.7. The van der Waals surface area contributed by atoms with Gasteiger partial charge in [-0.15, -0.1) is 0 Å². The molecule has 0 aliphatic heterocycles. The van der Waals surface area contributed by atoms with Crippen LogP contribution in [0, 0.1) is 17.5 Å². The first-order valence-electron chi connectivity index (χ1n) is 8.87. The van der Waals surface area contributed by atoms with Gasteiger partial charge in [-0.2, -0.15) is 4.31 Å². The van der Waals surface area contributed by atoms with E-state index in [2.05, 4.69) is 5.32 Å². The van der Waals surface area contributed by atoms with Crippen molar-refractivity contribution in [1.29, 1.82) is 0 Å². The zero-order valence-electron chi connectivity index (χ0n) is 15.9. The molecular formula is C19H21F3N2O4S. The van der Waals surface area contributed by atoms with E-state index in [0.717, 1.165) is 10.4 Å². The van der Waals surface area contributed by atoms with Gasteiger partial charge >= 0.3 is 0 Å². The number of benzene rings is 2. The van der Waals surface area contributed by atoms with Crippen molar-refractivity contribution in [2.75, 3.05) is 25.0 Å². The molecule has 0 heterocycles. The second kappa shape index (κ2) is 9.75. The first-order valence-corrected chi connectivity index (χ1v) is 10.3. The lowest BCUT2D eigenvalue weighted by Crippen LogP contribution is -2.38. The van der Waals surface area contributed by atoms with Crippen molar-refractivity contribution in [3.05, 3.63) is 53.8 Å². The lowest BCUT2D eigenvalue weighted by atomic mass is 10.2. The summed E-state index contributed by atoms with van der Waals surface area (Å²) in [6, 6.07) is 7.23. The van der Waals surface area contributed by atoms with E-state index < -0.39 is 45.6 Å². The minimum absolute atomic E-state index is 0.0310. The molecule has 0 atom stereocenters. The van der Waals surface area contributed by atoms with E-state index in [9.17, 15) is 26.4 Å². The van der Waals surface area contributed by atoms with Gasteiger partial charge in [0.1, 0.15) is 5.75 Å². The molecule has 0 aliphatic carbocycles. The fourth-order valence-electron chi connectivity index (χ4n) is 2.53. The summed E-state index contributed by atoms with van der Waals surface area (Å²) in [7, 11) is -4.02. The summed E-state index contributed by atoms with van der Waals surface area (Å²) in [5.41, 5.74) is -0.580. The molecule has 10 heteroatoms. The van der Waals surface area contributed by atoms with Crippen LogP contribution in [-0.2, 0) is 14.8 Å². The van der Waals surface area contributed by atoms with Crippen LogP contribution in [0.3, 0.4) is 0 Å². The molecular weight excluding hydrogens is 409 g/mol. The molecule has 1 amide bonds. The second-order valence-electron chi connectivity index (χ2n) is 6.01. The van der Waals surface area contributed by atoms with Crippen LogP contribution in [0.4, 0.5) is 18.9 Å². The summed E-state index contributed by atoms with van der Waals surface area (Å²) in [6.07, 6.45) is 0.420. The third kappa shape index (κ3) is 5.48. The Morgan fingerprint density at radius 3 is 2.28 bits per heavy atom. The molecule has 0 unspecified atom stereocenters. The normalized spacial score (nSPS) is 11.5. The highest BCUT2D eigenvalue weighted by molar-refractivity contribution is 7.89. The van der Waals surface area contributed by atoms with Gasteiger partial charge in [-0.1, -0.05) is 6.92 Å². The van der Waals surface area contributed by atoms with Crippen LogP contribution in [0.2, 0.25) is 0 Å². The van der Waals surface area contributed by atoms with Gasteiger partial charge in [-0.25, -0.2) is 21.6 Å². The predicted octanol–water partition coefficient (Wildman–Crippen LogP) is 3.54. The SMILES string of the molecule is CCCN(CC(=O)Nc1ccc(F)c(F)c1F)S(=O)(=O)c1ccc(OCC)cc1. The van der Waals surface area contributed by atoms with Crippen LogP contribution < -0.4 is 10.1 Å². The van der Waals surface area contributed by atoms with Gasteiger partial charge in [0.25, 0.3) is 0 Å². The van der Waals surface area contributed by atoms with Gasteiger partial charge < -0.3 is 10.1 Å². The van der Waals surface area contributed by atoms with Crippen LogP contribution >= 0.6 is 0 Å². The van der Waals surface area contributed by atoms with Crippen LogP contribution in [0.1, 0.15) is 20.3 Å². The summed E-state index contributed by atoms with van der Waals surface area (Å²) in [5.74, 6) is -5.07. The molecule has 0 saturated carbocycles. The van der Waals surface area contributed by atoms with Crippen molar-refractivity contribution >= 4 is 21.6 Å². The number of sulfonamides is 1. The Balaban J connectivity index is 2.20. The lowest BCUT2D eigenvalue weighted by Gasteiger charge is -2.21. The van der Waals surface area contributed by atoms with E-state index >= 15 is 0 Å². The number of ether oxygens (including phenoxy) is 1. The smallest absolute Gasteiger partial charge is 0.243 e. The van der Waals surface area contributed by atoms with Crippen LogP contribution in [-0.4, -0.2) is 38.3 Å². The molecule has 6 nitrogen and oxygen atoms in total. The molecule has 1 N–H and O–H groups in total. The number of hydrogen-bond donors (Lipinski definition) is 1. The highest BCUT2D eigenvalue weighted by atomic mass is 32.2. The van der Waals surface area contributed by atoms with Crippen molar-refractivity contribution in [2.45, 2.75) is 25.2 Å². The molecule has 0 fully saturated rings. The number of carbonyl (C=O) groups excluding carboxylic acids is 1. The summed E-state index contributed by atoms with van der Waals surface area (Å²) >= 11 is 0. The predicted molar refractivity (Wildman–Crippen MR) is 102 cm³/mol. The van der Waals surface area contributed by atoms with Gasteiger partial charge in [-0.3, -0.25) is 4.79 Å². The zero-order chi connectivity index (χ0) is 21.6. The van der Waals surface area contributed by atoms with E-state index in [1.165, 1.54) is 24.3 Å². The number of anilines is 1. The Morgan fingerprint density at radius 1 is 1.03 bits per heavy atom. The van der Waals surface area contributed by atoms with Gasteiger partial charge in [0, 0.05) is 6.54 Å². The topological polar surface area (TPSA) is 75.7 Å². The average Bonchev–Trinajstić information content (AvgIpc) is 2.69. The number of nitrogens with one attached hydrogen (secondary N) is 1. The maximum Gasteiger partial charge on any atom is 0.243 e. The molecule has 29 heavy (non-hydrogen) atoms. The molecule has 0 aromatic heterocycles. The van der Waals surface area contributed by atoms with E-state index in [-0.39, 0.29) is 11.4 Å². The van der Waals surface area contributed by atoms with Crippen molar-refractivity contribution < 1.29 is 31.1 Å². The minimum atomic E-state index is -4.02. The Labute approximate surface area is 167 Å². The number of halogens is 3. The van der Waals surface area contributed by atoms with E-state index in [1.807, 2.05) is 0 Å². The van der Waals surface area contributed by atoms with E-state index in [0.29, 0.717) is 24.8 Å². The average molecular weight is 430 g/mol. The van der Waals surface area contributed by atoms with Crippen LogP contribution in [0.25, 0.3) is 0 Å². The summed E-state index contributed by atoms with van der Waals surface area (Å²) in [5, 5.41) is 2.07. The quantitative estimate of drug-likeness (QED) is 0.618.